The molecular formula is C29H23ClN8S. The molecule has 8 rings (SSSR count). The summed E-state index contributed by atoms with van der Waals surface area (Å²) in [5, 5.41) is 0.551. The van der Waals surface area contributed by atoms with Crippen LogP contribution in [0.4, 0.5) is 5.82 Å². The molecule has 0 bridgehead atoms. The SMILES string of the molecule is Clc1c(Sc2ccc3nc(N4CCC5(CC4)Cc4cccnc4C5)c4cnc2n34)ccnc1-c1cnccn1. The van der Waals surface area contributed by atoms with Gasteiger partial charge in [-0.05, 0) is 60.9 Å². The van der Waals surface area contributed by atoms with E-state index in [2.05, 4.69) is 53.5 Å². The second kappa shape index (κ2) is 8.86. The Bertz CT molecular complexity index is 1800. The average molecular weight is 551 g/mol. The maximum absolute atomic E-state index is 6.79. The van der Waals surface area contributed by atoms with Crippen molar-refractivity contribution in [3.05, 3.63) is 83.8 Å². The topological polar surface area (TPSA) is 85.0 Å². The molecule has 7 heterocycles. The third-order valence-corrected chi connectivity index (χ3v) is 9.73. The van der Waals surface area contributed by atoms with Crippen LogP contribution in [0, 0.1) is 5.41 Å². The molecule has 1 saturated heterocycles. The number of hydrogen-bond donors (Lipinski definition) is 0. The summed E-state index contributed by atoms with van der Waals surface area (Å²) in [4.78, 5) is 31.8. The zero-order chi connectivity index (χ0) is 26.0. The molecule has 0 saturated carbocycles. The van der Waals surface area contributed by atoms with Gasteiger partial charge in [0.05, 0.1) is 22.3 Å². The highest BCUT2D eigenvalue weighted by molar-refractivity contribution is 7.99. The molecule has 0 unspecified atom stereocenters. The van der Waals surface area contributed by atoms with E-state index >= 15 is 0 Å². The number of pyridine rings is 3. The van der Waals surface area contributed by atoms with E-state index in [9.17, 15) is 0 Å². The quantitative estimate of drug-likeness (QED) is 0.274. The van der Waals surface area contributed by atoms with Crippen LogP contribution in [0.2, 0.25) is 5.02 Å². The van der Waals surface area contributed by atoms with Gasteiger partial charge in [-0.15, -0.1) is 0 Å². The number of anilines is 1. The van der Waals surface area contributed by atoms with Gasteiger partial charge in [0.1, 0.15) is 22.6 Å². The minimum Gasteiger partial charge on any atom is -0.355 e. The standard InChI is InChI=1S/C29H23ClN8S/c30-25-22(5-9-34-26(25)20-16-31-10-11-33-20)39-23-3-4-24-36-27(21-17-35-28(23)38(21)24)37-12-6-29(7-13-37)14-18-2-1-8-32-19(18)15-29/h1-5,8-11,16-17H,6-7,12-15H2. The number of hydrogen-bond acceptors (Lipinski definition) is 8. The fraction of sp³-hybridized carbons (Fsp3) is 0.241. The van der Waals surface area contributed by atoms with E-state index in [4.69, 9.17) is 21.6 Å². The Morgan fingerprint density at radius 1 is 0.846 bits per heavy atom. The molecule has 0 radical (unpaired) electrons. The third kappa shape index (κ3) is 3.75. The Morgan fingerprint density at radius 3 is 2.62 bits per heavy atom. The van der Waals surface area contributed by atoms with E-state index in [0.29, 0.717) is 21.8 Å². The van der Waals surface area contributed by atoms with Crippen molar-refractivity contribution < 1.29 is 0 Å². The Balaban J connectivity index is 1.07. The van der Waals surface area contributed by atoms with Gasteiger partial charge in [0.25, 0.3) is 0 Å². The van der Waals surface area contributed by atoms with Crippen LogP contribution in [0.3, 0.4) is 0 Å². The lowest BCUT2D eigenvalue weighted by Crippen LogP contribution is -2.41. The molecule has 0 aromatic carbocycles. The summed E-state index contributed by atoms with van der Waals surface area (Å²) in [6.45, 7) is 1.99. The highest BCUT2D eigenvalue weighted by Gasteiger charge is 2.41. The molecule has 2 aliphatic rings. The van der Waals surface area contributed by atoms with E-state index in [0.717, 1.165) is 71.2 Å². The van der Waals surface area contributed by atoms with Crippen LogP contribution in [-0.2, 0) is 12.8 Å². The van der Waals surface area contributed by atoms with Crippen molar-refractivity contribution in [3.63, 3.8) is 0 Å². The van der Waals surface area contributed by atoms with E-state index in [-0.39, 0.29) is 0 Å². The fourth-order valence-electron chi connectivity index (χ4n) is 6.16. The molecule has 1 aliphatic heterocycles. The van der Waals surface area contributed by atoms with Crippen molar-refractivity contribution in [1.82, 2.24) is 34.3 Å². The van der Waals surface area contributed by atoms with E-state index in [1.807, 2.05) is 18.5 Å². The van der Waals surface area contributed by atoms with E-state index in [1.54, 1.807) is 36.5 Å². The molecule has 10 heteroatoms. The molecule has 0 amide bonds. The summed E-state index contributed by atoms with van der Waals surface area (Å²) < 4.78 is 2.16. The summed E-state index contributed by atoms with van der Waals surface area (Å²) in [6.07, 6.45) is 15.1. The van der Waals surface area contributed by atoms with Gasteiger partial charge in [-0.3, -0.25) is 24.3 Å². The molecule has 1 fully saturated rings. The average Bonchev–Trinajstić information content (AvgIpc) is 3.67. The molecule has 8 nitrogen and oxygen atoms in total. The van der Waals surface area contributed by atoms with Crippen molar-refractivity contribution in [1.29, 1.82) is 0 Å². The Hall–Kier alpha value is -3.82. The molecule has 0 N–H and O–H groups in total. The van der Waals surface area contributed by atoms with Crippen LogP contribution < -0.4 is 4.90 Å². The molecule has 6 aromatic rings. The van der Waals surface area contributed by atoms with Crippen molar-refractivity contribution >= 4 is 46.0 Å². The summed E-state index contributed by atoms with van der Waals surface area (Å²) in [7, 11) is 0. The maximum atomic E-state index is 6.79. The Morgan fingerprint density at radius 2 is 1.77 bits per heavy atom. The molecule has 6 aromatic heterocycles. The van der Waals surface area contributed by atoms with Crippen LogP contribution in [-0.4, -0.2) is 47.4 Å². The summed E-state index contributed by atoms with van der Waals surface area (Å²) in [6, 6.07) is 10.4. The molecule has 1 aliphatic carbocycles. The third-order valence-electron chi connectivity index (χ3n) is 8.14. The van der Waals surface area contributed by atoms with Gasteiger partial charge in [0.2, 0.25) is 0 Å². The number of nitrogens with zero attached hydrogens (tertiary/aromatic N) is 8. The zero-order valence-corrected chi connectivity index (χ0v) is 22.5. The number of imidazole rings is 2. The van der Waals surface area contributed by atoms with Crippen molar-refractivity contribution in [3.8, 4) is 11.4 Å². The van der Waals surface area contributed by atoms with Gasteiger partial charge in [0, 0.05) is 48.5 Å². The van der Waals surface area contributed by atoms with Crippen LogP contribution in [0.15, 0.2) is 77.3 Å². The second-order valence-electron chi connectivity index (χ2n) is 10.4. The smallest absolute Gasteiger partial charge is 0.157 e. The first-order chi connectivity index (χ1) is 19.2. The van der Waals surface area contributed by atoms with Crippen LogP contribution in [0.5, 0.6) is 0 Å². The molecule has 39 heavy (non-hydrogen) atoms. The molecule has 192 valence electrons. The summed E-state index contributed by atoms with van der Waals surface area (Å²) >= 11 is 8.36. The lowest BCUT2D eigenvalue weighted by molar-refractivity contribution is 0.231. The van der Waals surface area contributed by atoms with Crippen LogP contribution in [0.25, 0.3) is 28.2 Å². The van der Waals surface area contributed by atoms with Gasteiger partial charge in [-0.2, -0.15) is 0 Å². The maximum Gasteiger partial charge on any atom is 0.157 e. The predicted octanol–water partition coefficient (Wildman–Crippen LogP) is 5.76. The Kier molecular flexibility index (Phi) is 5.25. The molecule has 1 spiro atoms. The lowest BCUT2D eigenvalue weighted by Gasteiger charge is -2.39. The zero-order valence-electron chi connectivity index (χ0n) is 21.0. The first kappa shape index (κ1) is 23.1. The van der Waals surface area contributed by atoms with E-state index in [1.165, 1.54) is 11.3 Å². The van der Waals surface area contributed by atoms with Crippen molar-refractivity contribution in [2.24, 2.45) is 5.41 Å². The normalized spacial score (nSPS) is 16.5. The van der Waals surface area contributed by atoms with E-state index < -0.39 is 0 Å². The molecular weight excluding hydrogens is 528 g/mol. The number of piperidine rings is 1. The summed E-state index contributed by atoms with van der Waals surface area (Å²) in [5.74, 6) is 1.02. The van der Waals surface area contributed by atoms with Crippen LogP contribution >= 0.6 is 23.4 Å². The summed E-state index contributed by atoms with van der Waals surface area (Å²) in [5.41, 5.74) is 7.16. The minimum atomic E-state index is 0.337. The minimum absolute atomic E-state index is 0.337. The Labute approximate surface area is 233 Å². The van der Waals surface area contributed by atoms with Crippen molar-refractivity contribution in [2.45, 2.75) is 35.5 Å². The van der Waals surface area contributed by atoms with Gasteiger partial charge >= 0.3 is 0 Å². The highest BCUT2D eigenvalue weighted by Crippen LogP contribution is 2.45. The highest BCUT2D eigenvalue weighted by atomic mass is 35.5. The van der Waals surface area contributed by atoms with Gasteiger partial charge in [-0.1, -0.05) is 29.4 Å². The number of fused-ring (bicyclic) bond motifs is 1. The van der Waals surface area contributed by atoms with Crippen molar-refractivity contribution in [2.75, 3.05) is 18.0 Å². The fourth-order valence-corrected chi connectivity index (χ4v) is 7.41. The van der Waals surface area contributed by atoms with Gasteiger partial charge < -0.3 is 4.90 Å². The predicted molar refractivity (Wildman–Crippen MR) is 152 cm³/mol. The number of rotatable bonds is 4. The first-order valence-electron chi connectivity index (χ1n) is 13.0. The van der Waals surface area contributed by atoms with Crippen LogP contribution in [0.1, 0.15) is 24.1 Å². The van der Waals surface area contributed by atoms with Gasteiger partial charge in [-0.25, -0.2) is 9.97 Å². The largest absolute Gasteiger partial charge is 0.355 e. The first-order valence-corrected chi connectivity index (χ1v) is 14.2. The second-order valence-corrected chi connectivity index (χ2v) is 11.9. The molecule has 0 atom stereocenters. The number of halogens is 1. The number of aromatic nitrogens is 7. The van der Waals surface area contributed by atoms with Gasteiger partial charge in [0.15, 0.2) is 11.5 Å². The lowest BCUT2D eigenvalue weighted by atomic mass is 9.76. The monoisotopic (exact) mass is 550 g/mol.